The number of amides is 1. The van der Waals surface area contributed by atoms with E-state index >= 15 is 0 Å². The van der Waals surface area contributed by atoms with Crippen LogP contribution in [0.2, 0.25) is 5.02 Å². The van der Waals surface area contributed by atoms with E-state index in [1.807, 2.05) is 0 Å². The standard InChI is InChI=1S/C20H20ClN3O2S/c1-11-3-8-15-16(9-11)27-19-17(15)20(26)24(10-22-19)12(2)18(25)23-14-6-4-13(21)5-7-14/h4-7,10-12H,3,8-9H2,1-2H3,(H,23,25). The number of nitrogens with one attached hydrogen (secondary N) is 1. The highest BCUT2D eigenvalue weighted by Gasteiger charge is 2.25. The summed E-state index contributed by atoms with van der Waals surface area (Å²) in [6.45, 7) is 3.95. The first-order valence-corrected chi connectivity index (χ1v) is 10.2. The quantitative estimate of drug-likeness (QED) is 0.705. The minimum absolute atomic E-state index is 0.134. The summed E-state index contributed by atoms with van der Waals surface area (Å²) in [7, 11) is 0. The Kier molecular flexibility index (Phi) is 4.78. The van der Waals surface area contributed by atoms with Crippen LogP contribution in [0.4, 0.5) is 5.69 Å². The fourth-order valence-corrected chi connectivity index (χ4v) is 4.99. The second-order valence-electron chi connectivity index (χ2n) is 7.16. The van der Waals surface area contributed by atoms with Gasteiger partial charge in [-0.1, -0.05) is 18.5 Å². The van der Waals surface area contributed by atoms with E-state index in [9.17, 15) is 9.59 Å². The van der Waals surface area contributed by atoms with Crippen molar-refractivity contribution in [3.63, 3.8) is 0 Å². The smallest absolute Gasteiger partial charge is 0.263 e. The summed E-state index contributed by atoms with van der Waals surface area (Å²) < 4.78 is 1.43. The van der Waals surface area contributed by atoms with Crippen molar-refractivity contribution in [2.75, 3.05) is 5.32 Å². The molecule has 1 aromatic carbocycles. The normalized spacial score (nSPS) is 17.5. The van der Waals surface area contributed by atoms with Gasteiger partial charge in [-0.05, 0) is 61.9 Å². The van der Waals surface area contributed by atoms with Crippen LogP contribution < -0.4 is 10.9 Å². The number of halogens is 1. The third-order valence-corrected chi connectivity index (χ3v) is 6.56. The van der Waals surface area contributed by atoms with Crippen LogP contribution in [0.15, 0.2) is 35.4 Å². The number of thiophene rings is 1. The number of nitrogens with zero attached hydrogens (tertiary/aromatic N) is 2. The zero-order chi connectivity index (χ0) is 19.1. The van der Waals surface area contributed by atoms with E-state index < -0.39 is 6.04 Å². The fourth-order valence-electron chi connectivity index (χ4n) is 3.53. The summed E-state index contributed by atoms with van der Waals surface area (Å²) in [6, 6.07) is 6.21. The van der Waals surface area contributed by atoms with E-state index in [0.29, 0.717) is 22.0 Å². The SMILES string of the molecule is CC1CCc2c(sc3ncn(C(C)C(=O)Nc4ccc(Cl)cc4)c(=O)c23)C1. The average Bonchev–Trinajstić information content (AvgIpc) is 3.01. The molecule has 1 aliphatic rings. The molecule has 0 aliphatic heterocycles. The van der Waals surface area contributed by atoms with Gasteiger partial charge in [0.1, 0.15) is 10.9 Å². The Morgan fingerprint density at radius 3 is 2.85 bits per heavy atom. The Bertz CT molecular complexity index is 1070. The number of fused-ring (bicyclic) bond motifs is 3. The summed E-state index contributed by atoms with van der Waals surface area (Å²) in [6.07, 6.45) is 4.48. The van der Waals surface area contributed by atoms with Crippen LogP contribution in [0.3, 0.4) is 0 Å². The molecule has 4 rings (SSSR count). The van der Waals surface area contributed by atoms with Gasteiger partial charge >= 0.3 is 0 Å². The summed E-state index contributed by atoms with van der Waals surface area (Å²) >= 11 is 7.49. The minimum atomic E-state index is -0.664. The molecule has 0 saturated heterocycles. The zero-order valence-electron chi connectivity index (χ0n) is 15.2. The number of hydrogen-bond donors (Lipinski definition) is 1. The van der Waals surface area contributed by atoms with Gasteiger partial charge in [-0.3, -0.25) is 14.2 Å². The fraction of sp³-hybridized carbons (Fsp3) is 0.350. The number of benzene rings is 1. The molecule has 0 fully saturated rings. The molecule has 3 aromatic rings. The predicted molar refractivity (Wildman–Crippen MR) is 110 cm³/mol. The Morgan fingerprint density at radius 2 is 2.11 bits per heavy atom. The van der Waals surface area contributed by atoms with E-state index in [1.54, 1.807) is 42.5 Å². The van der Waals surface area contributed by atoms with Gasteiger partial charge in [0, 0.05) is 15.6 Å². The second-order valence-corrected chi connectivity index (χ2v) is 8.68. The Hall–Kier alpha value is -2.18. The van der Waals surface area contributed by atoms with Crippen LogP contribution in [0.5, 0.6) is 0 Å². The molecular weight excluding hydrogens is 382 g/mol. The third-order valence-electron chi connectivity index (χ3n) is 5.15. The number of rotatable bonds is 3. The van der Waals surface area contributed by atoms with Crippen molar-refractivity contribution in [3.8, 4) is 0 Å². The lowest BCUT2D eigenvalue weighted by Crippen LogP contribution is -2.32. The highest BCUT2D eigenvalue weighted by Crippen LogP contribution is 2.35. The van der Waals surface area contributed by atoms with Gasteiger partial charge in [0.05, 0.1) is 11.7 Å². The first-order valence-electron chi connectivity index (χ1n) is 9.02. The Morgan fingerprint density at radius 1 is 1.37 bits per heavy atom. The van der Waals surface area contributed by atoms with Gasteiger partial charge in [0.25, 0.3) is 5.56 Å². The number of aryl methyl sites for hydroxylation is 1. The summed E-state index contributed by atoms with van der Waals surface area (Å²) in [5.74, 6) is 0.371. The van der Waals surface area contributed by atoms with Crippen LogP contribution >= 0.6 is 22.9 Å². The summed E-state index contributed by atoms with van der Waals surface area (Å²) in [5, 5.41) is 4.11. The third kappa shape index (κ3) is 3.39. The molecule has 2 aromatic heterocycles. The van der Waals surface area contributed by atoms with Gasteiger partial charge in [-0.15, -0.1) is 11.3 Å². The topological polar surface area (TPSA) is 64.0 Å². The van der Waals surface area contributed by atoms with Crippen molar-refractivity contribution < 1.29 is 4.79 Å². The van der Waals surface area contributed by atoms with Crippen molar-refractivity contribution in [2.45, 2.75) is 39.2 Å². The van der Waals surface area contributed by atoms with Crippen LogP contribution in [0.1, 0.15) is 36.8 Å². The highest BCUT2D eigenvalue weighted by atomic mass is 35.5. The van der Waals surface area contributed by atoms with Gasteiger partial charge < -0.3 is 5.32 Å². The lowest BCUT2D eigenvalue weighted by molar-refractivity contribution is -0.118. The average molecular weight is 402 g/mol. The second kappa shape index (κ2) is 7.09. The van der Waals surface area contributed by atoms with Gasteiger partial charge in [-0.2, -0.15) is 0 Å². The van der Waals surface area contributed by atoms with Gasteiger partial charge in [0.15, 0.2) is 0 Å². The number of carbonyl (C=O) groups excluding carboxylic acids is 1. The zero-order valence-corrected chi connectivity index (χ0v) is 16.7. The summed E-state index contributed by atoms with van der Waals surface area (Å²) in [4.78, 5) is 32.3. The molecule has 1 amide bonds. The first kappa shape index (κ1) is 18.2. The molecule has 140 valence electrons. The monoisotopic (exact) mass is 401 g/mol. The molecule has 7 heteroatoms. The van der Waals surface area contributed by atoms with Gasteiger partial charge in [0.2, 0.25) is 5.91 Å². The van der Waals surface area contributed by atoms with Crippen LogP contribution in [0, 0.1) is 5.92 Å². The molecule has 1 N–H and O–H groups in total. The molecule has 0 radical (unpaired) electrons. The van der Waals surface area contributed by atoms with E-state index in [4.69, 9.17) is 11.6 Å². The van der Waals surface area contributed by atoms with Crippen molar-refractivity contribution in [3.05, 3.63) is 56.4 Å². The molecule has 5 nitrogen and oxygen atoms in total. The Balaban J connectivity index is 1.66. The molecule has 0 spiro atoms. The predicted octanol–water partition coefficient (Wildman–Crippen LogP) is 4.44. The molecule has 2 unspecified atom stereocenters. The van der Waals surface area contributed by atoms with E-state index in [1.165, 1.54) is 15.8 Å². The Labute approximate surface area is 166 Å². The summed E-state index contributed by atoms with van der Waals surface area (Å²) in [5.41, 5.74) is 1.64. The lowest BCUT2D eigenvalue weighted by Gasteiger charge is -2.18. The largest absolute Gasteiger partial charge is 0.324 e. The molecule has 0 saturated carbocycles. The number of anilines is 1. The number of aromatic nitrogens is 2. The molecule has 2 heterocycles. The molecule has 0 bridgehead atoms. The molecule has 27 heavy (non-hydrogen) atoms. The van der Waals surface area contributed by atoms with Crippen LogP contribution in [-0.2, 0) is 17.6 Å². The van der Waals surface area contributed by atoms with Crippen molar-refractivity contribution in [1.82, 2.24) is 9.55 Å². The highest BCUT2D eigenvalue weighted by molar-refractivity contribution is 7.18. The van der Waals surface area contributed by atoms with Crippen molar-refractivity contribution >= 4 is 44.7 Å². The van der Waals surface area contributed by atoms with E-state index in [-0.39, 0.29) is 11.5 Å². The van der Waals surface area contributed by atoms with Crippen LogP contribution in [0.25, 0.3) is 10.2 Å². The lowest BCUT2D eigenvalue weighted by atomic mass is 9.89. The number of carbonyl (C=O) groups is 1. The maximum atomic E-state index is 13.1. The molecule has 2 atom stereocenters. The van der Waals surface area contributed by atoms with Gasteiger partial charge in [-0.25, -0.2) is 4.98 Å². The van der Waals surface area contributed by atoms with Crippen molar-refractivity contribution in [1.29, 1.82) is 0 Å². The molecular formula is C20H20ClN3O2S. The minimum Gasteiger partial charge on any atom is -0.324 e. The number of hydrogen-bond acceptors (Lipinski definition) is 4. The first-order chi connectivity index (χ1) is 12.9. The molecule has 1 aliphatic carbocycles. The van der Waals surface area contributed by atoms with Crippen molar-refractivity contribution in [2.24, 2.45) is 5.92 Å². The maximum absolute atomic E-state index is 13.1. The van der Waals surface area contributed by atoms with E-state index in [2.05, 4.69) is 17.2 Å². The van der Waals surface area contributed by atoms with E-state index in [0.717, 1.165) is 29.7 Å². The maximum Gasteiger partial charge on any atom is 0.263 e. The van der Waals surface area contributed by atoms with Crippen LogP contribution in [-0.4, -0.2) is 15.5 Å².